The molecule has 0 atom stereocenters. The fraction of sp³-hybridized carbons (Fsp3) is 0.281. The zero-order valence-corrected chi connectivity index (χ0v) is 28.5. The molecule has 5 rings (SSSR count). The first-order chi connectivity index (χ1) is 19.8. The van der Waals surface area contributed by atoms with E-state index in [-0.39, 0.29) is 40.8 Å². The molecule has 3 aromatic carbocycles. The van der Waals surface area contributed by atoms with Gasteiger partial charge >= 0.3 is 50.1 Å². The Morgan fingerprint density at radius 3 is 0.744 bits per heavy atom. The Hall–Kier alpha value is -0.521. The van der Waals surface area contributed by atoms with Gasteiger partial charge in [-0.05, 0) is 104 Å². The molecule has 5 radical (unpaired) electrons. The van der Waals surface area contributed by atoms with E-state index in [2.05, 4.69) is 91.0 Å². The first kappa shape index (κ1) is 38.7. The SMILES string of the molecule is F[P-](F)(F)(F)(F)F.[CH]1[CH][CH][CH][CH]1.[Fe+2].c1ccc(P2CCCP(c3ccccc3)CCCP(c3ccccc3)CCC2)cc1. The van der Waals surface area contributed by atoms with Crippen molar-refractivity contribution in [2.24, 2.45) is 0 Å². The largest absolute Gasteiger partial charge is 2.00 e. The van der Waals surface area contributed by atoms with E-state index in [1.807, 2.05) is 32.1 Å². The van der Waals surface area contributed by atoms with Crippen molar-refractivity contribution in [2.75, 3.05) is 37.0 Å². The van der Waals surface area contributed by atoms with Crippen LogP contribution in [0.15, 0.2) is 91.0 Å². The molecule has 1 aliphatic carbocycles. The second-order valence-corrected chi connectivity index (χ2v) is 19.3. The van der Waals surface area contributed by atoms with E-state index in [1.165, 1.54) is 56.2 Å². The van der Waals surface area contributed by atoms with Gasteiger partial charge in [-0.3, -0.25) is 0 Å². The van der Waals surface area contributed by atoms with Crippen molar-refractivity contribution in [3.63, 3.8) is 0 Å². The Bertz CT molecular complexity index is 1000. The van der Waals surface area contributed by atoms with Gasteiger partial charge in [0.25, 0.3) is 0 Å². The van der Waals surface area contributed by atoms with Crippen LogP contribution in [-0.4, -0.2) is 37.0 Å². The molecule has 0 unspecified atom stereocenters. The van der Waals surface area contributed by atoms with E-state index < -0.39 is 7.81 Å². The summed E-state index contributed by atoms with van der Waals surface area (Å²) in [7, 11) is -10.7. The molecule has 235 valence electrons. The topological polar surface area (TPSA) is 0 Å². The minimum absolute atomic E-state index is 0. The third-order valence-corrected chi connectivity index (χ3v) is 14.7. The van der Waals surface area contributed by atoms with Gasteiger partial charge in [0.05, 0.1) is 0 Å². The summed E-state index contributed by atoms with van der Waals surface area (Å²) >= 11 is 0. The number of rotatable bonds is 3. The van der Waals surface area contributed by atoms with E-state index in [0.717, 1.165) is 0 Å². The predicted octanol–water partition coefficient (Wildman–Crippen LogP) is 11.0. The maximum Gasteiger partial charge on any atom is 2.00 e. The Morgan fingerprint density at radius 2 is 0.558 bits per heavy atom. The first-order valence-corrected chi connectivity index (χ1v) is 21.1. The van der Waals surface area contributed by atoms with Crippen molar-refractivity contribution in [3.8, 4) is 0 Å². The maximum atomic E-state index is 9.87. The van der Waals surface area contributed by atoms with Crippen molar-refractivity contribution in [3.05, 3.63) is 123 Å². The molecule has 0 spiro atoms. The molecular formula is C32H38F6FeP4+. The summed E-state index contributed by atoms with van der Waals surface area (Å²) in [4.78, 5) is 0. The predicted molar refractivity (Wildman–Crippen MR) is 177 cm³/mol. The van der Waals surface area contributed by atoms with Gasteiger partial charge in [0.1, 0.15) is 0 Å². The Kier molecular flexibility index (Phi) is 16.2. The van der Waals surface area contributed by atoms with Crippen molar-refractivity contribution in [1.29, 1.82) is 0 Å². The van der Waals surface area contributed by atoms with Crippen molar-refractivity contribution < 1.29 is 42.3 Å². The van der Waals surface area contributed by atoms with Crippen LogP contribution in [0.5, 0.6) is 0 Å². The fourth-order valence-electron chi connectivity index (χ4n) is 4.70. The van der Waals surface area contributed by atoms with Crippen LogP contribution in [-0.2, 0) is 17.1 Å². The molecule has 1 heterocycles. The summed E-state index contributed by atoms with van der Waals surface area (Å²) in [5, 5.41) is 4.87. The van der Waals surface area contributed by atoms with E-state index in [1.54, 1.807) is 15.9 Å². The van der Waals surface area contributed by atoms with Crippen LogP contribution in [0.4, 0.5) is 25.2 Å². The zero-order valence-electron chi connectivity index (χ0n) is 23.8. The van der Waals surface area contributed by atoms with Gasteiger partial charge in [-0.15, -0.1) is 0 Å². The van der Waals surface area contributed by atoms with Crippen LogP contribution >= 0.6 is 31.6 Å². The molecule has 3 aromatic rings. The minimum Gasteiger partial charge on any atom is -0.0753 e. The fourth-order valence-corrected chi connectivity index (χ4v) is 12.7. The summed E-state index contributed by atoms with van der Waals surface area (Å²) in [6.07, 6.45) is 22.7. The van der Waals surface area contributed by atoms with E-state index in [4.69, 9.17) is 0 Å². The van der Waals surface area contributed by atoms with Crippen LogP contribution < -0.4 is 15.9 Å². The molecule has 2 fully saturated rings. The molecule has 0 aromatic heterocycles. The molecular weight excluding hydrogens is 678 g/mol. The zero-order chi connectivity index (χ0) is 30.4. The van der Waals surface area contributed by atoms with Crippen LogP contribution in [0, 0.1) is 32.1 Å². The van der Waals surface area contributed by atoms with E-state index >= 15 is 0 Å². The molecule has 11 heteroatoms. The Labute approximate surface area is 268 Å². The van der Waals surface area contributed by atoms with Gasteiger partial charge in [-0.1, -0.05) is 115 Å². The second-order valence-electron chi connectivity index (χ2n) is 9.95. The quantitative estimate of drug-likeness (QED) is 0.144. The molecule has 1 saturated heterocycles. The molecule has 43 heavy (non-hydrogen) atoms. The number of hydrogen-bond acceptors (Lipinski definition) is 0. The third kappa shape index (κ3) is 18.9. The monoisotopic (exact) mass is 716 g/mol. The van der Waals surface area contributed by atoms with Crippen LogP contribution in [0.25, 0.3) is 0 Å². The number of benzene rings is 3. The summed E-state index contributed by atoms with van der Waals surface area (Å²) in [6.45, 7) is 0. The molecule has 1 aliphatic heterocycles. The first-order valence-electron chi connectivity index (χ1n) is 14.0. The van der Waals surface area contributed by atoms with Crippen LogP contribution in [0.2, 0.25) is 0 Å². The van der Waals surface area contributed by atoms with Gasteiger partial charge in [-0.25, -0.2) is 0 Å². The summed E-state index contributed by atoms with van der Waals surface area (Å²) in [5.41, 5.74) is 0. The molecule has 0 nitrogen and oxygen atoms in total. The van der Waals surface area contributed by atoms with Crippen LogP contribution in [0.1, 0.15) is 19.3 Å². The molecule has 0 N–H and O–H groups in total. The van der Waals surface area contributed by atoms with Gasteiger partial charge in [0.15, 0.2) is 0 Å². The molecule has 2 aliphatic rings. The summed E-state index contributed by atoms with van der Waals surface area (Å²) in [6, 6.07) is 34.2. The minimum atomic E-state index is -10.7. The van der Waals surface area contributed by atoms with Crippen LogP contribution in [0.3, 0.4) is 0 Å². The summed E-state index contributed by atoms with van der Waals surface area (Å²) in [5.74, 6) is 0. The van der Waals surface area contributed by atoms with Gasteiger partial charge < -0.3 is 0 Å². The average molecular weight is 716 g/mol. The van der Waals surface area contributed by atoms with E-state index in [0.29, 0.717) is 0 Å². The smallest absolute Gasteiger partial charge is 0.0753 e. The molecule has 0 bridgehead atoms. The molecule has 1 saturated carbocycles. The maximum absolute atomic E-state index is 10.7. The van der Waals surface area contributed by atoms with Gasteiger partial charge in [0.2, 0.25) is 0 Å². The third-order valence-electron chi connectivity index (χ3n) is 6.49. The Morgan fingerprint density at radius 1 is 0.372 bits per heavy atom. The average Bonchev–Trinajstić information content (AvgIpc) is 3.54. The second kappa shape index (κ2) is 18.0. The van der Waals surface area contributed by atoms with Crippen molar-refractivity contribution >= 4 is 47.5 Å². The van der Waals surface area contributed by atoms with Crippen molar-refractivity contribution in [1.82, 2.24) is 0 Å². The number of hydrogen-bond donors (Lipinski definition) is 0. The summed E-state index contributed by atoms with van der Waals surface area (Å²) < 4.78 is 59.2. The van der Waals surface area contributed by atoms with Crippen molar-refractivity contribution in [2.45, 2.75) is 19.3 Å². The molecule has 0 amide bonds. The van der Waals surface area contributed by atoms with E-state index in [9.17, 15) is 25.2 Å². The van der Waals surface area contributed by atoms with Gasteiger partial charge in [-0.2, -0.15) is 0 Å². The number of halogens is 6. The standard InChI is InChI=1S/C27H33P3.C5H5.F6P.Fe/c1-4-13-25(14-5-1)28-19-10-21-29(26-15-6-2-7-16-26)23-12-24-30(22-11-20-28)27-17-8-3-9-18-27;1-2-4-5-3-1;1-7(2,3,4,5)6;/h1-9,13-18H,10-12,19-24H2;1-5H;;/q;;-1;+2. The normalized spacial score (nSPS) is 23.2. The van der Waals surface area contributed by atoms with Gasteiger partial charge in [0, 0.05) is 0 Å². The Balaban J connectivity index is 0.000000416.